The number of terminal acetylenes is 1. The number of hydrogen-bond donors (Lipinski definition) is 5. The van der Waals surface area contributed by atoms with Crippen molar-refractivity contribution in [1.29, 1.82) is 15.9 Å². The molecule has 0 aliphatic carbocycles. The van der Waals surface area contributed by atoms with Crippen LogP contribution in [0, 0.1) is 40.4 Å². The first kappa shape index (κ1) is 107. The molecule has 632 valence electrons. The maximum absolute atomic E-state index is 11.5. The number of nitrogens with two attached hydrogens (primary N) is 2. The number of nitrogens with one attached hydrogen (secondary N) is 2. The van der Waals surface area contributed by atoms with Crippen molar-refractivity contribution in [3.8, 4) is 81.8 Å². The summed E-state index contributed by atoms with van der Waals surface area (Å²) in [6, 6.07) is 34.1. The molecular formula is C78H95BrCl6FN11O17S2. The predicted molar refractivity (Wildman–Crippen MR) is 462 cm³/mol. The number of aromatic nitrogens is 6. The monoisotopic (exact) mass is 1830 g/mol. The molecule has 2 heterocycles. The van der Waals surface area contributed by atoms with Gasteiger partial charge in [0.2, 0.25) is 0 Å². The van der Waals surface area contributed by atoms with Crippen molar-refractivity contribution in [2.24, 2.45) is 11.5 Å². The molecule has 8 aromatic rings. The highest BCUT2D eigenvalue weighted by Gasteiger charge is 2.11. The standard InChI is InChI=1S/C17H20ClN3O4.C11H12ClN3O2.C11H14ClNO2S.C10H12ClNO2S.C10H10ClNO2.C7H4ClNO.C6H8O2.C3H7BrO.C2H5NO.CH3F/c1-12(2)25-16(22)4-5-21-11-19-17(20-21)13-8-14(18)10-15(9-13)24-7-6-23-3;1-16-2-3-17-10-5-8(4-9(12)6-10)11-13-7-14-15-11;1-14-3-4-15-10-6-8(11(13)16-2)5-9(12)7-10;1-13-2-3-14-9-5-7(10(12)15)4-8(11)6-9;1-13-2-3-14-10-5-8(7-12)4-9(11)6-10;8-6-1-5(4-9)2-7(10)3-6;1-4-6(7)8-5(2)3;1-5-3-2-4;3-1-2-4;1-2/h4-5,8-12H,6-7H2,1-3H3;4-7H,2-3H2,1H3,(H,13,14,15);5-7,13H,3-4H2,1-2H3;4-6H,2-3H2,1H3,(H2,12,15);4-6H,2-3H2,1H3;1-3,10H;1,5H,2-3H3;2-3H2,1H3;2H,1,3H2;1H3/b5-4-;;;;;;;;;/i;;;;;;;;;1D. The Kier molecular flexibility index (Phi) is 63.9. The minimum atomic E-state index is -1.00. The first-order valence-corrected chi connectivity index (χ1v) is 38.7. The summed E-state index contributed by atoms with van der Waals surface area (Å²) in [6.45, 7) is 12.9. The quantitative estimate of drug-likeness (QED) is 0.00257. The van der Waals surface area contributed by atoms with Gasteiger partial charge in [-0.1, -0.05) is 97.8 Å². The van der Waals surface area contributed by atoms with Gasteiger partial charge in [-0.3, -0.25) is 14.9 Å². The maximum atomic E-state index is 11.5. The second kappa shape index (κ2) is 69.2. The molecule has 0 fully saturated rings. The van der Waals surface area contributed by atoms with E-state index in [4.69, 9.17) is 173 Å². The van der Waals surface area contributed by atoms with E-state index in [0.717, 1.165) is 23.1 Å². The van der Waals surface area contributed by atoms with E-state index in [-0.39, 0.29) is 24.5 Å². The highest BCUT2D eigenvalue weighted by molar-refractivity contribution is 9.09. The lowest BCUT2D eigenvalue weighted by Gasteiger charge is -2.08. The van der Waals surface area contributed by atoms with Crippen LogP contribution in [0.15, 0.2) is 128 Å². The van der Waals surface area contributed by atoms with Gasteiger partial charge in [0, 0.05) is 125 Å². The number of thiocarbonyl (C=S) groups is 1. The molecule has 6 aromatic carbocycles. The minimum absolute atomic E-state index is 0.0176. The number of aromatic amines is 1. The van der Waals surface area contributed by atoms with Gasteiger partial charge in [0.1, 0.15) is 91.5 Å². The third kappa shape index (κ3) is 54.8. The van der Waals surface area contributed by atoms with Crippen LogP contribution in [0.5, 0.6) is 34.5 Å². The second-order valence-electron chi connectivity index (χ2n) is 21.8. The molecule has 0 saturated heterocycles. The summed E-state index contributed by atoms with van der Waals surface area (Å²) in [4.78, 5) is 39.3. The zero-order valence-electron chi connectivity index (χ0n) is 66.5. The number of phenols is 1. The smallest absolute Gasteiger partial charge is 0.384 e. The van der Waals surface area contributed by atoms with Gasteiger partial charge in [-0.05, 0) is 143 Å². The molecule has 0 unspecified atom stereocenters. The second-order valence-corrected chi connectivity index (χ2v) is 26.4. The Bertz CT molecular complexity index is 4280. The highest BCUT2D eigenvalue weighted by Crippen LogP contribution is 2.29. The molecule has 8 rings (SSSR count). The fourth-order valence-electron chi connectivity index (χ4n) is 7.36. The summed E-state index contributed by atoms with van der Waals surface area (Å²) in [7, 11) is 8.75. The van der Waals surface area contributed by atoms with Crippen molar-refractivity contribution >= 4 is 144 Å². The molecule has 0 bridgehead atoms. The minimum Gasteiger partial charge on any atom is -0.508 e. The third-order valence-corrected chi connectivity index (χ3v) is 14.6. The van der Waals surface area contributed by atoms with Crippen LogP contribution in [0.1, 0.15) is 51.3 Å². The number of esters is 2. The molecule has 0 aliphatic rings. The van der Waals surface area contributed by atoms with E-state index in [1.807, 2.05) is 30.4 Å². The number of alkyl halides is 2. The first-order valence-electron chi connectivity index (χ1n) is 34.4. The van der Waals surface area contributed by atoms with Crippen LogP contribution in [0.2, 0.25) is 30.1 Å². The van der Waals surface area contributed by atoms with E-state index in [1.165, 1.54) is 59.6 Å². The van der Waals surface area contributed by atoms with Gasteiger partial charge in [0.15, 0.2) is 11.6 Å². The molecule has 0 spiro atoms. The number of ether oxygens (including phenoxy) is 13. The van der Waals surface area contributed by atoms with Crippen LogP contribution in [0.3, 0.4) is 0 Å². The maximum Gasteiger partial charge on any atom is 0.384 e. The zero-order valence-corrected chi connectivity index (χ0v) is 73.3. The summed E-state index contributed by atoms with van der Waals surface area (Å²) in [5.41, 5.74) is 14.0. The summed E-state index contributed by atoms with van der Waals surface area (Å²) < 4.78 is 82.7. The van der Waals surface area contributed by atoms with Crippen LogP contribution in [0.4, 0.5) is 4.39 Å². The number of carbonyl (C=O) groups excluding carboxylic acids is 3. The number of aromatic hydroxyl groups is 1. The number of carbonyl (C=O) groups is 3. The van der Waals surface area contributed by atoms with Gasteiger partial charge in [0.25, 0.3) is 0 Å². The molecule has 0 radical (unpaired) electrons. The van der Waals surface area contributed by atoms with E-state index in [9.17, 15) is 14.0 Å². The lowest BCUT2D eigenvalue weighted by Crippen LogP contribution is -2.10. The Morgan fingerprint density at radius 1 is 0.638 bits per heavy atom. The fourth-order valence-corrected chi connectivity index (χ4v) is 9.51. The number of thioether (sulfide) groups is 1. The number of halogens is 8. The third-order valence-electron chi connectivity index (χ3n) is 12.0. The zero-order chi connectivity index (χ0) is 88.3. The Morgan fingerprint density at radius 2 is 1.03 bits per heavy atom. The van der Waals surface area contributed by atoms with Gasteiger partial charge < -0.3 is 82.9 Å². The predicted octanol–water partition coefficient (Wildman–Crippen LogP) is 15.7. The lowest BCUT2D eigenvalue weighted by atomic mass is 10.2. The first-order chi connectivity index (χ1) is 55.9. The molecule has 0 saturated carbocycles. The van der Waals surface area contributed by atoms with Crippen LogP contribution >= 0.6 is 110 Å². The van der Waals surface area contributed by atoms with E-state index in [0.29, 0.717) is 175 Å². The number of hydrogen-bond acceptors (Lipinski definition) is 27. The Balaban J connectivity index is 0. The molecule has 28 nitrogen and oxygen atoms in total. The van der Waals surface area contributed by atoms with Crippen molar-refractivity contribution in [2.45, 2.75) is 39.9 Å². The molecule has 0 aliphatic heterocycles. The molecule has 7 N–H and O–H groups in total. The van der Waals surface area contributed by atoms with Crippen LogP contribution in [0.25, 0.3) is 29.0 Å². The summed E-state index contributed by atoms with van der Waals surface area (Å²) in [6.07, 6.45) is 12.6. The highest BCUT2D eigenvalue weighted by atomic mass is 79.9. The van der Waals surface area contributed by atoms with Gasteiger partial charge >= 0.3 is 11.9 Å². The summed E-state index contributed by atoms with van der Waals surface area (Å²) in [5.74, 6) is 5.11. The lowest BCUT2D eigenvalue weighted by molar-refractivity contribution is -0.141. The Hall–Kier alpha value is -8.93. The van der Waals surface area contributed by atoms with Crippen LogP contribution in [-0.2, 0) is 52.3 Å². The van der Waals surface area contributed by atoms with E-state index >= 15 is 0 Å². The molecule has 38 heteroatoms. The molecule has 116 heavy (non-hydrogen) atoms. The molecule has 0 atom stereocenters. The SMILES string of the molecule is C#CC(=O)OC(C)C.COCCBr.COCCOc1cc(Cl)cc(-c2ncn(/C=C\C(=O)OC(C)C)n2)c1.COCCOc1cc(Cl)cc(-c2ncn[nH]2)c1.COCCOc1cc(Cl)cc(C#N)c1.COCCOc1cc(Cl)cc(C(=N)SC)c1.COCCOc1cc(Cl)cc(C(N)=S)c1.N#Cc1cc(O)cc(Cl)c1.NCC=O.[2H]CF. The fraction of sp³-hybridized carbons (Fsp3) is 0.346. The normalized spacial score (nSPS) is 9.87. The number of aldehydes is 1. The molecule has 0 amide bonds. The van der Waals surface area contributed by atoms with E-state index < -0.39 is 19.1 Å². The van der Waals surface area contributed by atoms with Crippen molar-refractivity contribution in [3.05, 3.63) is 180 Å². The average molecular weight is 1840 g/mol. The van der Waals surface area contributed by atoms with Crippen molar-refractivity contribution in [1.82, 2.24) is 29.9 Å². The van der Waals surface area contributed by atoms with E-state index in [2.05, 4.69) is 56.4 Å². The average Bonchev–Trinajstić information content (AvgIpc) is 1.77. The topological polar surface area (TPSA) is 387 Å². The number of nitriles is 2. The van der Waals surface area contributed by atoms with Gasteiger partial charge in [-0.15, -0.1) is 23.3 Å². The van der Waals surface area contributed by atoms with Crippen molar-refractivity contribution < 1.29 is 86.8 Å². The number of nitrogens with zero attached hydrogens (tertiary/aromatic N) is 7. The number of phenolic OH excluding ortho intramolecular Hbond substituents is 1. The number of H-pyrrole nitrogens is 1. The van der Waals surface area contributed by atoms with Gasteiger partial charge in [-0.25, -0.2) is 24.2 Å². The summed E-state index contributed by atoms with van der Waals surface area (Å²) in [5, 5.41) is 49.0. The van der Waals surface area contributed by atoms with Crippen LogP contribution in [-0.4, -0.2) is 216 Å². The molecule has 2 aromatic heterocycles. The number of methoxy groups -OCH3 is 6. The Labute approximate surface area is 725 Å². The molecular weight excluding hydrogens is 1740 g/mol. The number of rotatable bonds is 31. The summed E-state index contributed by atoms with van der Waals surface area (Å²) >= 11 is 44.7. The van der Waals surface area contributed by atoms with Crippen molar-refractivity contribution in [3.63, 3.8) is 0 Å². The number of benzene rings is 6. The van der Waals surface area contributed by atoms with E-state index in [1.54, 1.807) is 155 Å². The van der Waals surface area contributed by atoms with Crippen LogP contribution < -0.4 is 35.2 Å². The largest absolute Gasteiger partial charge is 0.508 e. The Morgan fingerprint density at radius 3 is 1.41 bits per heavy atom. The van der Waals surface area contributed by atoms with Gasteiger partial charge in [-0.2, -0.15) is 15.6 Å². The van der Waals surface area contributed by atoms with Gasteiger partial charge in [0.05, 0.1) is 88.7 Å². The van der Waals surface area contributed by atoms with Crippen molar-refractivity contribution in [2.75, 3.05) is 141 Å².